The molecule has 74 valence electrons. The van der Waals surface area contributed by atoms with E-state index in [0.717, 1.165) is 18.6 Å². The average Bonchev–Trinajstić information content (AvgIpc) is 2.59. The van der Waals surface area contributed by atoms with Gasteiger partial charge in [-0.1, -0.05) is 0 Å². The molecule has 2 atom stereocenters. The second-order valence-corrected chi connectivity index (χ2v) is 5.46. The Balaban J connectivity index is 1.90. The molecule has 0 amide bonds. The summed E-state index contributed by atoms with van der Waals surface area (Å²) in [6.07, 6.45) is 1.04. The molecule has 0 bridgehead atoms. The van der Waals surface area contributed by atoms with Crippen LogP contribution in [0.25, 0.3) is 0 Å². The van der Waals surface area contributed by atoms with Crippen LogP contribution in [-0.2, 0) is 4.74 Å². The van der Waals surface area contributed by atoms with Crippen LogP contribution in [-0.4, -0.2) is 19.0 Å². The van der Waals surface area contributed by atoms with Gasteiger partial charge in [0.05, 0.1) is 18.6 Å². The maximum atomic E-state index is 12.2. The molecule has 1 aromatic heterocycles. The number of rotatable bonds is 2. The quantitative estimate of drug-likeness (QED) is 0.697. The van der Waals surface area contributed by atoms with Gasteiger partial charge in [0.1, 0.15) is 0 Å². The zero-order valence-electron chi connectivity index (χ0n) is 8.08. The summed E-state index contributed by atoms with van der Waals surface area (Å²) in [5.41, 5.74) is 0.772. The molecule has 1 saturated carbocycles. The minimum absolute atomic E-state index is 0.118. The largest absolute Gasteiger partial charge is 0.380 e. The molecule has 3 heteroatoms. The smallest absolute Gasteiger partial charge is 0.172 e. The van der Waals surface area contributed by atoms with Gasteiger partial charge in [0.25, 0.3) is 0 Å². The fourth-order valence-electron chi connectivity index (χ4n) is 2.35. The van der Waals surface area contributed by atoms with Crippen molar-refractivity contribution in [1.82, 2.24) is 0 Å². The summed E-state index contributed by atoms with van der Waals surface area (Å²) in [6.45, 7) is 3.47. The van der Waals surface area contributed by atoms with E-state index in [1.54, 1.807) is 11.3 Å². The van der Waals surface area contributed by atoms with Gasteiger partial charge in [-0.2, -0.15) is 0 Å². The number of ether oxygens (including phenoxy) is 1. The van der Waals surface area contributed by atoms with Crippen molar-refractivity contribution < 1.29 is 9.53 Å². The third kappa shape index (κ3) is 1.03. The van der Waals surface area contributed by atoms with Crippen molar-refractivity contribution in [1.29, 1.82) is 0 Å². The Morgan fingerprint density at radius 1 is 1.71 bits per heavy atom. The molecule has 1 aromatic rings. The van der Waals surface area contributed by atoms with E-state index in [-0.39, 0.29) is 5.41 Å². The van der Waals surface area contributed by atoms with Crippen molar-refractivity contribution in [3.05, 3.63) is 21.9 Å². The third-order valence-corrected chi connectivity index (χ3v) is 4.22. The lowest BCUT2D eigenvalue weighted by molar-refractivity contribution is 0.0830. The minimum Gasteiger partial charge on any atom is -0.380 e. The van der Waals surface area contributed by atoms with Crippen LogP contribution >= 0.6 is 11.3 Å². The molecule has 2 aliphatic rings. The number of carbonyl (C=O) groups excluding carboxylic acids is 1. The number of ketones is 1. The lowest BCUT2D eigenvalue weighted by Crippen LogP contribution is -2.18. The van der Waals surface area contributed by atoms with E-state index in [9.17, 15) is 4.79 Å². The Labute approximate surface area is 86.9 Å². The molecule has 1 aliphatic heterocycles. The number of fused-ring (bicyclic) bond motifs is 1. The maximum absolute atomic E-state index is 12.2. The van der Waals surface area contributed by atoms with E-state index in [1.165, 1.54) is 4.88 Å². The zero-order chi connectivity index (χ0) is 9.76. The van der Waals surface area contributed by atoms with Crippen molar-refractivity contribution in [3.63, 3.8) is 0 Å². The van der Waals surface area contributed by atoms with Crippen LogP contribution in [0.2, 0.25) is 0 Å². The van der Waals surface area contributed by atoms with Gasteiger partial charge in [0, 0.05) is 15.8 Å². The van der Waals surface area contributed by atoms with E-state index in [2.05, 4.69) is 0 Å². The summed E-state index contributed by atoms with van der Waals surface area (Å²) in [6, 6.07) is 2.00. The summed E-state index contributed by atoms with van der Waals surface area (Å²) in [5, 5.41) is 1.97. The minimum atomic E-state index is -0.118. The Bertz CT molecular complexity index is 396. The molecule has 14 heavy (non-hydrogen) atoms. The molecule has 0 radical (unpaired) electrons. The van der Waals surface area contributed by atoms with Crippen LogP contribution in [0, 0.1) is 18.3 Å². The van der Waals surface area contributed by atoms with Crippen LogP contribution in [0.15, 0.2) is 11.4 Å². The lowest BCUT2D eigenvalue weighted by Gasteiger charge is -2.07. The van der Waals surface area contributed by atoms with Gasteiger partial charge in [-0.25, -0.2) is 0 Å². The monoisotopic (exact) mass is 208 g/mol. The number of thiophene rings is 1. The van der Waals surface area contributed by atoms with E-state index in [4.69, 9.17) is 4.74 Å². The maximum Gasteiger partial charge on any atom is 0.172 e. The molecular formula is C11H12O2S. The molecule has 0 N–H and O–H groups in total. The zero-order valence-corrected chi connectivity index (χ0v) is 8.89. The molecule has 2 heterocycles. The fourth-order valence-corrected chi connectivity index (χ4v) is 3.04. The normalized spacial score (nSPS) is 34.2. The molecule has 2 fully saturated rings. The Hall–Kier alpha value is -0.670. The number of carbonyl (C=O) groups is 1. The van der Waals surface area contributed by atoms with E-state index >= 15 is 0 Å². The van der Waals surface area contributed by atoms with Crippen LogP contribution in [0.1, 0.15) is 21.7 Å². The lowest BCUT2D eigenvalue weighted by atomic mass is 9.96. The number of Topliss-reactive ketones (excluding diaryl/α,β-unsaturated/α-hetero) is 1. The average molecular weight is 208 g/mol. The highest BCUT2D eigenvalue weighted by Crippen LogP contribution is 2.58. The van der Waals surface area contributed by atoms with Crippen LogP contribution in [0.3, 0.4) is 0 Å². The van der Waals surface area contributed by atoms with E-state index < -0.39 is 0 Å². The van der Waals surface area contributed by atoms with Crippen molar-refractivity contribution in [2.45, 2.75) is 13.3 Å². The van der Waals surface area contributed by atoms with E-state index in [1.807, 2.05) is 18.4 Å². The first-order chi connectivity index (χ1) is 6.72. The van der Waals surface area contributed by atoms with Crippen molar-refractivity contribution in [2.75, 3.05) is 13.2 Å². The summed E-state index contributed by atoms with van der Waals surface area (Å²) in [5.74, 6) is 0.819. The van der Waals surface area contributed by atoms with Crippen molar-refractivity contribution in [3.8, 4) is 0 Å². The molecule has 2 nitrogen and oxygen atoms in total. The first-order valence-electron chi connectivity index (χ1n) is 4.90. The highest BCUT2D eigenvalue weighted by atomic mass is 32.1. The highest BCUT2D eigenvalue weighted by Gasteiger charge is 2.63. The predicted molar refractivity (Wildman–Crippen MR) is 54.7 cm³/mol. The number of aryl methyl sites for hydroxylation is 1. The predicted octanol–water partition coefficient (Wildman–Crippen LogP) is 2.28. The van der Waals surface area contributed by atoms with Gasteiger partial charge in [-0.05, 0) is 25.3 Å². The fraction of sp³-hybridized carbons (Fsp3) is 0.545. The SMILES string of the molecule is Cc1cc(C(=O)C23COCC2C3)cs1. The molecule has 1 aliphatic carbocycles. The standard InChI is InChI=1S/C11H12O2S/c1-7-2-8(5-14-7)10(12)11-3-9(11)4-13-6-11/h2,5,9H,3-4,6H2,1H3. The summed E-state index contributed by atoms with van der Waals surface area (Å²) >= 11 is 1.65. The Morgan fingerprint density at radius 2 is 2.57 bits per heavy atom. The topological polar surface area (TPSA) is 26.3 Å². The molecule has 1 saturated heterocycles. The molecule has 0 spiro atoms. The van der Waals surface area contributed by atoms with Crippen LogP contribution < -0.4 is 0 Å². The van der Waals surface area contributed by atoms with Crippen LogP contribution in [0.4, 0.5) is 0 Å². The first-order valence-corrected chi connectivity index (χ1v) is 5.78. The summed E-state index contributed by atoms with van der Waals surface area (Å²) in [4.78, 5) is 13.4. The van der Waals surface area contributed by atoms with Gasteiger partial charge in [0.2, 0.25) is 0 Å². The Morgan fingerprint density at radius 3 is 3.07 bits per heavy atom. The highest BCUT2D eigenvalue weighted by molar-refractivity contribution is 7.10. The second kappa shape index (κ2) is 2.67. The molecule has 0 aromatic carbocycles. The van der Waals surface area contributed by atoms with Gasteiger partial charge in [0.15, 0.2) is 5.78 Å². The summed E-state index contributed by atoms with van der Waals surface area (Å²) in [7, 11) is 0. The number of hydrogen-bond donors (Lipinski definition) is 0. The van der Waals surface area contributed by atoms with Gasteiger partial charge in [-0.3, -0.25) is 4.79 Å². The molecule has 2 unspecified atom stereocenters. The van der Waals surface area contributed by atoms with E-state index in [0.29, 0.717) is 18.3 Å². The van der Waals surface area contributed by atoms with Crippen LogP contribution in [0.5, 0.6) is 0 Å². The van der Waals surface area contributed by atoms with Crippen molar-refractivity contribution >= 4 is 17.1 Å². The van der Waals surface area contributed by atoms with Gasteiger partial charge in [-0.15, -0.1) is 11.3 Å². The van der Waals surface area contributed by atoms with Crippen molar-refractivity contribution in [2.24, 2.45) is 11.3 Å². The first kappa shape index (κ1) is 8.62. The second-order valence-electron chi connectivity index (χ2n) is 4.35. The molecule has 3 rings (SSSR count). The Kier molecular flexibility index (Phi) is 1.65. The number of hydrogen-bond acceptors (Lipinski definition) is 3. The van der Waals surface area contributed by atoms with Gasteiger partial charge < -0.3 is 4.74 Å². The summed E-state index contributed by atoms with van der Waals surface area (Å²) < 4.78 is 5.34. The third-order valence-electron chi connectivity index (χ3n) is 3.36. The molecular weight excluding hydrogens is 196 g/mol. The van der Waals surface area contributed by atoms with Gasteiger partial charge >= 0.3 is 0 Å².